The van der Waals surface area contributed by atoms with Crippen molar-refractivity contribution in [2.45, 2.75) is 78.1 Å². The van der Waals surface area contributed by atoms with Crippen LogP contribution in [0.2, 0.25) is 0 Å². The van der Waals surface area contributed by atoms with Crippen LogP contribution in [0.5, 0.6) is 0 Å². The average Bonchev–Trinajstić information content (AvgIpc) is 2.82. The Labute approximate surface area is 102 Å². The van der Waals surface area contributed by atoms with Crippen LogP contribution in [0.3, 0.4) is 0 Å². The molecule has 0 spiro atoms. The first-order valence-corrected chi connectivity index (χ1v) is 7.81. The molecule has 0 aromatic carbocycles. The van der Waals surface area contributed by atoms with Crippen molar-refractivity contribution in [1.82, 2.24) is 0 Å². The molecule has 0 aromatic rings. The lowest BCUT2D eigenvalue weighted by Crippen LogP contribution is -2.26. The van der Waals surface area contributed by atoms with Crippen LogP contribution >= 0.6 is 0 Å². The molecule has 0 aliphatic heterocycles. The van der Waals surface area contributed by atoms with Gasteiger partial charge < -0.3 is 0 Å². The second-order valence-corrected chi connectivity index (χ2v) is 6.48. The molecule has 16 heavy (non-hydrogen) atoms. The van der Waals surface area contributed by atoms with Crippen LogP contribution in [0, 0.1) is 23.7 Å². The van der Waals surface area contributed by atoms with Gasteiger partial charge in [0, 0.05) is 0 Å². The molecular weight excluding hydrogens is 192 g/mol. The second kappa shape index (κ2) is 6.07. The lowest BCUT2D eigenvalue weighted by Gasteiger charge is -2.37. The fraction of sp³-hybridized carbons (Fsp3) is 1.00. The van der Waals surface area contributed by atoms with Crippen molar-refractivity contribution >= 4 is 0 Å². The van der Waals surface area contributed by atoms with Crippen LogP contribution < -0.4 is 0 Å². The molecule has 0 heteroatoms. The van der Waals surface area contributed by atoms with Gasteiger partial charge in [0.15, 0.2) is 0 Å². The van der Waals surface area contributed by atoms with Crippen LogP contribution in [0.4, 0.5) is 0 Å². The Balaban J connectivity index is 1.87. The van der Waals surface area contributed by atoms with E-state index < -0.39 is 0 Å². The fourth-order valence-corrected chi connectivity index (χ4v) is 4.26. The molecule has 2 aliphatic rings. The monoisotopic (exact) mass is 222 g/mol. The quantitative estimate of drug-likeness (QED) is 0.596. The summed E-state index contributed by atoms with van der Waals surface area (Å²) >= 11 is 0. The largest absolute Gasteiger partial charge is 0.0651 e. The Morgan fingerprint density at radius 1 is 0.938 bits per heavy atom. The number of rotatable bonds is 4. The first-order valence-electron chi connectivity index (χ1n) is 7.81. The van der Waals surface area contributed by atoms with Crippen molar-refractivity contribution in [1.29, 1.82) is 0 Å². The first-order chi connectivity index (χ1) is 7.81. The minimum Gasteiger partial charge on any atom is -0.0651 e. The van der Waals surface area contributed by atoms with Crippen molar-refractivity contribution < 1.29 is 0 Å². The molecule has 0 nitrogen and oxygen atoms in total. The second-order valence-electron chi connectivity index (χ2n) is 6.48. The van der Waals surface area contributed by atoms with E-state index in [0.29, 0.717) is 0 Å². The summed E-state index contributed by atoms with van der Waals surface area (Å²) in [5.74, 6) is 4.24. The van der Waals surface area contributed by atoms with E-state index in [1.54, 1.807) is 25.7 Å². The SMILES string of the molecule is CCC(C)C1CCCCC1CC1CCCC1. The van der Waals surface area contributed by atoms with Gasteiger partial charge in [-0.2, -0.15) is 0 Å². The van der Waals surface area contributed by atoms with E-state index in [-0.39, 0.29) is 0 Å². The molecule has 2 fully saturated rings. The average molecular weight is 222 g/mol. The normalized spacial score (nSPS) is 34.1. The smallest absolute Gasteiger partial charge is 0.0360 e. The minimum absolute atomic E-state index is 0.978. The van der Waals surface area contributed by atoms with Gasteiger partial charge in [0.05, 0.1) is 0 Å². The third-order valence-corrected chi connectivity index (χ3v) is 5.45. The number of hydrogen-bond donors (Lipinski definition) is 0. The summed E-state index contributed by atoms with van der Waals surface area (Å²) in [5.41, 5.74) is 0. The molecule has 0 amide bonds. The lowest BCUT2D eigenvalue weighted by molar-refractivity contribution is 0.140. The summed E-state index contributed by atoms with van der Waals surface area (Å²) in [5, 5.41) is 0. The summed E-state index contributed by atoms with van der Waals surface area (Å²) in [7, 11) is 0. The van der Waals surface area contributed by atoms with Crippen molar-refractivity contribution in [2.75, 3.05) is 0 Å². The van der Waals surface area contributed by atoms with Crippen LogP contribution in [-0.4, -0.2) is 0 Å². The summed E-state index contributed by atoms with van der Waals surface area (Å²) in [4.78, 5) is 0. The van der Waals surface area contributed by atoms with E-state index in [1.165, 1.54) is 38.5 Å². The molecule has 0 bridgehead atoms. The van der Waals surface area contributed by atoms with Gasteiger partial charge in [0.1, 0.15) is 0 Å². The van der Waals surface area contributed by atoms with Gasteiger partial charge in [-0.05, 0) is 36.5 Å². The third kappa shape index (κ3) is 3.02. The van der Waals surface area contributed by atoms with E-state index >= 15 is 0 Å². The Bertz CT molecular complexity index is 190. The third-order valence-electron chi connectivity index (χ3n) is 5.45. The zero-order valence-corrected chi connectivity index (χ0v) is 11.4. The summed E-state index contributed by atoms with van der Waals surface area (Å²) in [6.07, 6.45) is 15.2. The standard InChI is InChI=1S/C16H30/c1-3-13(2)16-11-7-6-10-15(16)12-14-8-4-5-9-14/h13-16H,3-12H2,1-2H3. The van der Waals surface area contributed by atoms with E-state index in [1.807, 2.05) is 0 Å². The summed E-state index contributed by atoms with van der Waals surface area (Å²) in [6.45, 7) is 4.88. The van der Waals surface area contributed by atoms with Gasteiger partial charge in [0.25, 0.3) is 0 Å². The minimum atomic E-state index is 0.978. The zero-order valence-electron chi connectivity index (χ0n) is 11.4. The maximum Gasteiger partial charge on any atom is -0.0360 e. The van der Waals surface area contributed by atoms with Crippen molar-refractivity contribution in [3.05, 3.63) is 0 Å². The maximum absolute atomic E-state index is 2.50. The molecule has 3 unspecified atom stereocenters. The molecule has 2 rings (SSSR count). The molecule has 94 valence electrons. The number of hydrogen-bond acceptors (Lipinski definition) is 0. The van der Waals surface area contributed by atoms with Crippen molar-refractivity contribution in [3.8, 4) is 0 Å². The Morgan fingerprint density at radius 3 is 2.25 bits per heavy atom. The van der Waals surface area contributed by atoms with Crippen LogP contribution in [0.15, 0.2) is 0 Å². The van der Waals surface area contributed by atoms with E-state index in [2.05, 4.69) is 13.8 Å². The topological polar surface area (TPSA) is 0 Å². The van der Waals surface area contributed by atoms with Crippen molar-refractivity contribution in [3.63, 3.8) is 0 Å². The van der Waals surface area contributed by atoms with Crippen LogP contribution in [0.25, 0.3) is 0 Å². The molecular formula is C16H30. The summed E-state index contributed by atoms with van der Waals surface area (Å²) in [6, 6.07) is 0. The predicted molar refractivity (Wildman–Crippen MR) is 71.5 cm³/mol. The van der Waals surface area contributed by atoms with Gasteiger partial charge in [-0.3, -0.25) is 0 Å². The van der Waals surface area contributed by atoms with Gasteiger partial charge in [-0.1, -0.05) is 65.2 Å². The van der Waals surface area contributed by atoms with Gasteiger partial charge >= 0.3 is 0 Å². The highest BCUT2D eigenvalue weighted by molar-refractivity contribution is 4.82. The Kier molecular flexibility index (Phi) is 4.73. The van der Waals surface area contributed by atoms with Crippen molar-refractivity contribution in [2.24, 2.45) is 23.7 Å². The molecule has 0 radical (unpaired) electrons. The Hall–Kier alpha value is 0. The van der Waals surface area contributed by atoms with Gasteiger partial charge in [0.2, 0.25) is 0 Å². The highest BCUT2D eigenvalue weighted by Gasteiger charge is 2.31. The summed E-state index contributed by atoms with van der Waals surface area (Å²) < 4.78 is 0. The predicted octanol–water partition coefficient (Wildman–Crippen LogP) is 5.42. The lowest BCUT2D eigenvalue weighted by atomic mass is 9.69. The highest BCUT2D eigenvalue weighted by Crippen LogP contribution is 2.42. The Morgan fingerprint density at radius 2 is 1.56 bits per heavy atom. The van der Waals surface area contributed by atoms with E-state index in [9.17, 15) is 0 Å². The van der Waals surface area contributed by atoms with Gasteiger partial charge in [-0.25, -0.2) is 0 Å². The van der Waals surface area contributed by atoms with E-state index in [0.717, 1.165) is 23.7 Å². The zero-order chi connectivity index (χ0) is 11.4. The van der Waals surface area contributed by atoms with Crippen LogP contribution in [0.1, 0.15) is 78.1 Å². The first kappa shape index (κ1) is 12.5. The van der Waals surface area contributed by atoms with E-state index in [4.69, 9.17) is 0 Å². The molecule has 0 aromatic heterocycles. The molecule has 0 heterocycles. The molecule has 0 saturated heterocycles. The molecule has 0 N–H and O–H groups in total. The maximum atomic E-state index is 2.50. The molecule has 3 atom stereocenters. The highest BCUT2D eigenvalue weighted by atomic mass is 14.4. The van der Waals surface area contributed by atoms with Crippen LogP contribution in [-0.2, 0) is 0 Å². The molecule has 2 saturated carbocycles. The van der Waals surface area contributed by atoms with Gasteiger partial charge in [-0.15, -0.1) is 0 Å². The molecule has 2 aliphatic carbocycles. The fourth-order valence-electron chi connectivity index (χ4n) is 4.26.